The number of aliphatic hydroxyl groups is 2. The number of halogens is 1. The monoisotopic (exact) mass is 473 g/mol. The summed E-state index contributed by atoms with van der Waals surface area (Å²) in [5.41, 5.74) is 6.13. The summed E-state index contributed by atoms with van der Waals surface area (Å²) in [6, 6.07) is -0.457. The van der Waals surface area contributed by atoms with Crippen LogP contribution in [0.4, 0.5) is 5.82 Å². The quantitative estimate of drug-likeness (QED) is 0.389. The van der Waals surface area contributed by atoms with E-state index in [1.165, 1.54) is 6.33 Å². The zero-order valence-corrected chi connectivity index (χ0v) is 19.6. The molecule has 4 N–H and O–H groups in total. The Morgan fingerprint density at radius 3 is 2.55 bits per heavy atom. The maximum absolute atomic E-state index is 13.3. The Morgan fingerprint density at radius 2 is 1.94 bits per heavy atom. The lowest BCUT2D eigenvalue weighted by Gasteiger charge is -2.27. The highest BCUT2D eigenvalue weighted by Crippen LogP contribution is 2.71. The number of fused-ring (bicyclic) bond motifs is 2. The van der Waals surface area contributed by atoms with Crippen LogP contribution in [0.1, 0.15) is 46.6 Å². The first-order valence-electron chi connectivity index (χ1n) is 10.4. The highest BCUT2D eigenvalue weighted by Gasteiger charge is 2.71. The molecule has 0 radical (unpaired) electrons. The van der Waals surface area contributed by atoms with Gasteiger partial charge in [-0.15, -0.1) is 0 Å². The van der Waals surface area contributed by atoms with Gasteiger partial charge in [0.05, 0.1) is 36.8 Å². The van der Waals surface area contributed by atoms with E-state index in [1.54, 1.807) is 4.57 Å². The molecule has 1 unspecified atom stereocenters. The molecule has 0 amide bonds. The van der Waals surface area contributed by atoms with Crippen LogP contribution in [0.15, 0.2) is 6.33 Å². The molecule has 2 saturated carbocycles. The second-order valence-electron chi connectivity index (χ2n) is 9.06. The molecule has 10 nitrogen and oxygen atoms in total. The second kappa shape index (κ2) is 7.93. The summed E-state index contributed by atoms with van der Waals surface area (Å²) in [6.45, 7) is 7.23. The Kier molecular flexibility index (Phi) is 5.86. The Hall–Kier alpha value is -1.29. The Bertz CT molecular complexity index is 1020. The van der Waals surface area contributed by atoms with Crippen molar-refractivity contribution in [3.05, 3.63) is 11.6 Å². The third kappa shape index (κ3) is 3.98. The molecule has 2 aliphatic rings. The van der Waals surface area contributed by atoms with Crippen LogP contribution in [0.5, 0.6) is 0 Å². The Morgan fingerprint density at radius 1 is 1.29 bits per heavy atom. The SMILES string of the molecule is CC(C)OP(=O)(CCC12C[C@@H]1[C@@H](n1cnc3c(N)nc(Cl)nc31)[C@H](O)[C@@H]2O)OC(C)C. The number of imidazole rings is 1. The van der Waals surface area contributed by atoms with Gasteiger partial charge in [0.25, 0.3) is 0 Å². The van der Waals surface area contributed by atoms with E-state index in [0.717, 1.165) is 0 Å². The standard InChI is InChI=1S/C19H29ClN5O5P/c1-9(2)29-31(28,30-10(3)4)6-5-19-7-11(19)13(14(26)15(19)27)25-8-22-12-16(21)23-18(20)24-17(12)25/h8-11,13-15,26-27H,5-7H2,1-4H3,(H2,21,23,24)/t11-,13-,14+,15+,19?/m1/s1. The molecule has 0 aliphatic heterocycles. The molecule has 12 heteroatoms. The lowest BCUT2D eigenvalue weighted by Crippen LogP contribution is -2.34. The van der Waals surface area contributed by atoms with Crippen molar-refractivity contribution < 1.29 is 23.8 Å². The highest BCUT2D eigenvalue weighted by atomic mass is 35.5. The molecule has 2 aliphatic carbocycles. The predicted molar refractivity (Wildman–Crippen MR) is 116 cm³/mol. The van der Waals surface area contributed by atoms with Crippen LogP contribution < -0.4 is 5.73 Å². The van der Waals surface area contributed by atoms with Gasteiger partial charge in [-0.25, -0.2) is 4.98 Å². The van der Waals surface area contributed by atoms with E-state index in [2.05, 4.69) is 15.0 Å². The fourth-order valence-corrected chi connectivity index (χ4v) is 7.36. The van der Waals surface area contributed by atoms with Crippen molar-refractivity contribution in [2.24, 2.45) is 11.3 Å². The molecule has 172 valence electrons. The summed E-state index contributed by atoms with van der Waals surface area (Å²) in [4.78, 5) is 12.4. The van der Waals surface area contributed by atoms with Crippen LogP contribution in [0.3, 0.4) is 0 Å². The molecule has 5 atom stereocenters. The largest absolute Gasteiger partial charge is 0.390 e. The van der Waals surface area contributed by atoms with Crippen LogP contribution in [0, 0.1) is 11.3 Å². The summed E-state index contributed by atoms with van der Waals surface area (Å²) in [5.74, 6) is 0.109. The lowest BCUT2D eigenvalue weighted by molar-refractivity contribution is -0.0185. The average Bonchev–Trinajstić information content (AvgIpc) is 3.15. The molecule has 31 heavy (non-hydrogen) atoms. The fraction of sp³-hybridized carbons (Fsp3) is 0.737. The third-order valence-electron chi connectivity index (χ3n) is 6.19. The highest BCUT2D eigenvalue weighted by molar-refractivity contribution is 7.53. The van der Waals surface area contributed by atoms with Crippen LogP contribution in [-0.2, 0) is 13.6 Å². The van der Waals surface area contributed by atoms with E-state index in [1.807, 2.05) is 27.7 Å². The zero-order valence-electron chi connectivity index (χ0n) is 18.0. The summed E-state index contributed by atoms with van der Waals surface area (Å²) < 4.78 is 26.3. The minimum absolute atomic E-state index is 0.0144. The third-order valence-corrected chi connectivity index (χ3v) is 8.62. The van der Waals surface area contributed by atoms with Gasteiger partial charge >= 0.3 is 7.60 Å². The molecule has 4 rings (SSSR count). The predicted octanol–water partition coefficient (Wildman–Crippen LogP) is 2.78. The van der Waals surface area contributed by atoms with Gasteiger partial charge in [0.1, 0.15) is 11.6 Å². The van der Waals surface area contributed by atoms with Gasteiger partial charge in [0.2, 0.25) is 5.28 Å². The first-order chi connectivity index (χ1) is 14.5. The number of rotatable bonds is 8. The van der Waals surface area contributed by atoms with Crippen LogP contribution in [0.2, 0.25) is 5.28 Å². The van der Waals surface area contributed by atoms with Crippen LogP contribution in [0.25, 0.3) is 11.2 Å². The van der Waals surface area contributed by atoms with Crippen LogP contribution in [-0.4, -0.2) is 60.3 Å². The molecule has 2 fully saturated rings. The normalized spacial score (nSPS) is 30.5. The van der Waals surface area contributed by atoms with Gasteiger partial charge < -0.3 is 29.6 Å². The zero-order chi connectivity index (χ0) is 22.7. The molecule has 2 aromatic heterocycles. The molecular weight excluding hydrogens is 445 g/mol. The van der Waals surface area contributed by atoms with Gasteiger partial charge in [0.15, 0.2) is 11.5 Å². The second-order valence-corrected chi connectivity index (χ2v) is 11.5. The van der Waals surface area contributed by atoms with Gasteiger partial charge in [-0.2, -0.15) is 9.97 Å². The summed E-state index contributed by atoms with van der Waals surface area (Å²) in [5, 5.41) is 21.8. The van der Waals surface area contributed by atoms with E-state index in [4.69, 9.17) is 26.4 Å². The van der Waals surface area contributed by atoms with E-state index >= 15 is 0 Å². The lowest BCUT2D eigenvalue weighted by atomic mass is 9.96. The molecule has 2 heterocycles. The summed E-state index contributed by atoms with van der Waals surface area (Å²) >= 11 is 5.97. The van der Waals surface area contributed by atoms with Crippen molar-refractivity contribution in [2.75, 3.05) is 11.9 Å². The summed E-state index contributed by atoms with van der Waals surface area (Å²) in [6.07, 6.45) is 0.259. The number of hydrogen-bond acceptors (Lipinski definition) is 9. The number of nitrogen functional groups attached to an aromatic ring is 1. The number of aromatic nitrogens is 4. The number of nitrogens with zero attached hydrogens (tertiary/aromatic N) is 4. The molecule has 0 bridgehead atoms. The van der Waals surface area contributed by atoms with E-state index in [-0.39, 0.29) is 35.4 Å². The minimum Gasteiger partial charge on any atom is -0.390 e. The van der Waals surface area contributed by atoms with Gasteiger partial charge in [-0.05, 0) is 58.1 Å². The molecule has 0 saturated heterocycles. The van der Waals surface area contributed by atoms with Gasteiger partial charge in [-0.1, -0.05) is 0 Å². The first-order valence-corrected chi connectivity index (χ1v) is 12.6. The maximum atomic E-state index is 13.3. The van der Waals surface area contributed by atoms with Crippen molar-refractivity contribution >= 4 is 36.2 Å². The topological polar surface area (TPSA) is 146 Å². The maximum Gasteiger partial charge on any atom is 0.331 e. The minimum atomic E-state index is -3.34. The molecule has 2 aromatic rings. The smallest absolute Gasteiger partial charge is 0.331 e. The van der Waals surface area contributed by atoms with E-state index in [9.17, 15) is 14.8 Å². The van der Waals surface area contributed by atoms with Crippen molar-refractivity contribution in [2.45, 2.75) is 71.0 Å². The van der Waals surface area contributed by atoms with Crippen LogP contribution >= 0.6 is 19.2 Å². The molecule has 0 aromatic carbocycles. The van der Waals surface area contributed by atoms with E-state index in [0.29, 0.717) is 24.0 Å². The number of nitrogens with two attached hydrogens (primary N) is 1. The Labute approximate surface area is 185 Å². The van der Waals surface area contributed by atoms with Crippen molar-refractivity contribution in [1.82, 2.24) is 19.5 Å². The number of hydrogen-bond donors (Lipinski definition) is 3. The number of aliphatic hydroxyl groups excluding tert-OH is 2. The number of anilines is 1. The summed E-state index contributed by atoms with van der Waals surface area (Å²) in [7, 11) is -3.34. The van der Waals surface area contributed by atoms with Crippen molar-refractivity contribution in [1.29, 1.82) is 0 Å². The van der Waals surface area contributed by atoms with Crippen molar-refractivity contribution in [3.8, 4) is 0 Å². The molecular formula is C19H29ClN5O5P. The van der Waals surface area contributed by atoms with E-state index < -0.39 is 31.3 Å². The molecule has 0 spiro atoms. The fourth-order valence-electron chi connectivity index (χ4n) is 4.96. The van der Waals surface area contributed by atoms with Gasteiger partial charge in [-0.3, -0.25) is 4.57 Å². The van der Waals surface area contributed by atoms with Crippen molar-refractivity contribution in [3.63, 3.8) is 0 Å². The Balaban J connectivity index is 1.59. The van der Waals surface area contributed by atoms with Gasteiger partial charge in [0, 0.05) is 5.41 Å². The first kappa shape index (κ1) is 22.9. The average molecular weight is 474 g/mol.